The molecule has 0 saturated heterocycles. The van der Waals surface area contributed by atoms with Gasteiger partial charge in [-0.05, 0) is 55.4 Å². The number of rotatable bonds is 4. The van der Waals surface area contributed by atoms with Gasteiger partial charge in [-0.2, -0.15) is 0 Å². The van der Waals surface area contributed by atoms with Gasteiger partial charge < -0.3 is 5.73 Å². The first-order chi connectivity index (χ1) is 9.47. The predicted octanol–water partition coefficient (Wildman–Crippen LogP) is 3.75. The van der Waals surface area contributed by atoms with E-state index in [4.69, 9.17) is 17.3 Å². The number of halogens is 2. The maximum Gasteiger partial charge on any atom is 0.144 e. The Labute approximate surface area is 124 Å². The van der Waals surface area contributed by atoms with Crippen molar-refractivity contribution >= 4 is 17.4 Å². The smallest absolute Gasteiger partial charge is 0.144 e. The van der Waals surface area contributed by atoms with Crippen LogP contribution >= 0.6 is 11.6 Å². The summed E-state index contributed by atoms with van der Waals surface area (Å²) >= 11 is 6.04. The fourth-order valence-electron chi connectivity index (χ4n) is 2.95. The van der Waals surface area contributed by atoms with Gasteiger partial charge in [0.15, 0.2) is 0 Å². The van der Waals surface area contributed by atoms with Gasteiger partial charge >= 0.3 is 0 Å². The van der Waals surface area contributed by atoms with Crippen molar-refractivity contribution < 1.29 is 9.18 Å². The molecule has 20 heavy (non-hydrogen) atoms. The zero-order chi connectivity index (χ0) is 14.8. The number of nitrogens with two attached hydrogens (primary N) is 1. The Morgan fingerprint density at radius 1 is 1.45 bits per heavy atom. The Kier molecular flexibility index (Phi) is 4.82. The Morgan fingerprint density at radius 3 is 2.70 bits per heavy atom. The van der Waals surface area contributed by atoms with Crippen molar-refractivity contribution in [1.29, 1.82) is 0 Å². The van der Waals surface area contributed by atoms with Crippen LogP contribution < -0.4 is 5.73 Å². The zero-order valence-corrected chi connectivity index (χ0v) is 12.5. The quantitative estimate of drug-likeness (QED) is 0.920. The minimum Gasteiger partial charge on any atom is -0.329 e. The molecule has 0 heterocycles. The van der Waals surface area contributed by atoms with Crippen LogP contribution in [0.25, 0.3) is 0 Å². The van der Waals surface area contributed by atoms with Gasteiger partial charge in [-0.1, -0.05) is 18.5 Å². The lowest BCUT2D eigenvalue weighted by atomic mass is 9.67. The molecule has 0 bridgehead atoms. The molecule has 1 saturated carbocycles. The maximum atomic E-state index is 13.3. The zero-order valence-electron chi connectivity index (χ0n) is 11.8. The van der Waals surface area contributed by atoms with Crippen LogP contribution in [0, 0.1) is 17.2 Å². The van der Waals surface area contributed by atoms with E-state index in [2.05, 4.69) is 6.92 Å². The van der Waals surface area contributed by atoms with Gasteiger partial charge in [-0.3, -0.25) is 4.79 Å². The Hall–Kier alpha value is -0.930. The molecule has 1 fully saturated rings. The Morgan fingerprint density at radius 2 is 2.10 bits per heavy atom. The van der Waals surface area contributed by atoms with Crippen LogP contribution in [-0.4, -0.2) is 12.3 Å². The summed E-state index contributed by atoms with van der Waals surface area (Å²) in [6, 6.07) is 4.14. The molecule has 0 aromatic heterocycles. The SMILES string of the molecule is CC1CCC(CN)(C(=O)Cc2cc(F)ccc2Cl)CC1. The van der Waals surface area contributed by atoms with Gasteiger partial charge in [-0.25, -0.2) is 4.39 Å². The van der Waals surface area contributed by atoms with Crippen LogP contribution in [0.5, 0.6) is 0 Å². The van der Waals surface area contributed by atoms with Gasteiger partial charge in [-0.15, -0.1) is 0 Å². The molecule has 1 aliphatic rings. The first-order valence-electron chi connectivity index (χ1n) is 7.14. The molecule has 110 valence electrons. The summed E-state index contributed by atoms with van der Waals surface area (Å²) in [7, 11) is 0. The summed E-state index contributed by atoms with van der Waals surface area (Å²) in [6.07, 6.45) is 3.88. The Bertz CT molecular complexity index is 495. The molecule has 0 spiro atoms. The average molecular weight is 298 g/mol. The monoisotopic (exact) mass is 297 g/mol. The van der Waals surface area contributed by atoms with Crippen molar-refractivity contribution in [2.45, 2.75) is 39.0 Å². The van der Waals surface area contributed by atoms with Crippen LogP contribution in [0.15, 0.2) is 18.2 Å². The van der Waals surface area contributed by atoms with E-state index in [0.29, 0.717) is 23.0 Å². The van der Waals surface area contributed by atoms with Crippen molar-refractivity contribution in [3.8, 4) is 0 Å². The highest BCUT2D eigenvalue weighted by Gasteiger charge is 2.39. The molecular formula is C16H21ClFNO. The molecule has 4 heteroatoms. The third kappa shape index (κ3) is 3.21. The molecule has 2 rings (SSSR count). The van der Waals surface area contributed by atoms with E-state index in [1.807, 2.05) is 0 Å². The van der Waals surface area contributed by atoms with Crippen molar-refractivity contribution in [2.75, 3.05) is 6.54 Å². The number of carbonyl (C=O) groups excluding carboxylic acids is 1. The van der Waals surface area contributed by atoms with Crippen molar-refractivity contribution in [3.63, 3.8) is 0 Å². The number of benzene rings is 1. The molecule has 2 nitrogen and oxygen atoms in total. The molecule has 0 aliphatic heterocycles. The molecule has 0 unspecified atom stereocenters. The fraction of sp³-hybridized carbons (Fsp3) is 0.562. The van der Waals surface area contributed by atoms with Crippen molar-refractivity contribution in [1.82, 2.24) is 0 Å². The van der Waals surface area contributed by atoms with Gasteiger partial charge in [0.05, 0.1) is 0 Å². The second-order valence-corrected chi connectivity index (χ2v) is 6.41. The third-order valence-corrected chi connectivity index (χ3v) is 4.94. The molecule has 2 N–H and O–H groups in total. The highest BCUT2D eigenvalue weighted by Crippen LogP contribution is 2.40. The van der Waals surface area contributed by atoms with E-state index < -0.39 is 5.41 Å². The molecule has 0 radical (unpaired) electrons. The molecule has 0 amide bonds. The largest absolute Gasteiger partial charge is 0.329 e. The van der Waals surface area contributed by atoms with Gasteiger partial charge in [0.25, 0.3) is 0 Å². The minimum atomic E-state index is -0.442. The number of ketones is 1. The summed E-state index contributed by atoms with van der Waals surface area (Å²) in [6.45, 7) is 2.57. The van der Waals surface area contributed by atoms with Gasteiger partial charge in [0, 0.05) is 23.4 Å². The van der Waals surface area contributed by atoms with E-state index in [1.54, 1.807) is 0 Å². The van der Waals surface area contributed by atoms with E-state index in [-0.39, 0.29) is 18.0 Å². The number of hydrogen-bond donors (Lipinski definition) is 1. The first-order valence-corrected chi connectivity index (χ1v) is 7.52. The van der Waals surface area contributed by atoms with E-state index in [0.717, 1.165) is 25.7 Å². The normalized spacial score (nSPS) is 26.5. The van der Waals surface area contributed by atoms with E-state index in [9.17, 15) is 9.18 Å². The highest BCUT2D eigenvalue weighted by atomic mass is 35.5. The number of Topliss-reactive ketones (excluding diaryl/α,β-unsaturated/α-hetero) is 1. The number of carbonyl (C=O) groups is 1. The van der Waals surface area contributed by atoms with Crippen molar-refractivity contribution in [3.05, 3.63) is 34.6 Å². The van der Waals surface area contributed by atoms with E-state index in [1.165, 1.54) is 18.2 Å². The summed E-state index contributed by atoms with van der Waals surface area (Å²) in [5, 5.41) is 0.441. The standard InChI is InChI=1S/C16H21ClFNO/c1-11-4-6-16(10-19,7-5-11)15(20)9-12-8-13(18)2-3-14(12)17/h2-3,8,11H,4-7,9-10,19H2,1H3. The minimum absolute atomic E-state index is 0.0967. The molecule has 1 aliphatic carbocycles. The third-order valence-electron chi connectivity index (χ3n) is 4.57. The summed E-state index contributed by atoms with van der Waals surface area (Å²) in [5.74, 6) is 0.385. The van der Waals surface area contributed by atoms with Crippen LogP contribution in [0.1, 0.15) is 38.2 Å². The predicted molar refractivity (Wildman–Crippen MR) is 79.2 cm³/mol. The molecule has 1 aromatic carbocycles. The lowest BCUT2D eigenvalue weighted by Gasteiger charge is -2.37. The topological polar surface area (TPSA) is 43.1 Å². The summed E-state index contributed by atoms with van der Waals surface area (Å²) in [4.78, 5) is 12.6. The first kappa shape index (κ1) is 15.5. The highest BCUT2D eigenvalue weighted by molar-refractivity contribution is 6.31. The van der Waals surface area contributed by atoms with Crippen molar-refractivity contribution in [2.24, 2.45) is 17.1 Å². The van der Waals surface area contributed by atoms with E-state index >= 15 is 0 Å². The van der Waals surface area contributed by atoms with Gasteiger partial charge in [0.2, 0.25) is 0 Å². The van der Waals surface area contributed by atoms with Crippen LogP contribution in [0.4, 0.5) is 4.39 Å². The van der Waals surface area contributed by atoms with Crippen LogP contribution in [-0.2, 0) is 11.2 Å². The lowest BCUT2D eigenvalue weighted by molar-refractivity contribution is -0.129. The molecular weight excluding hydrogens is 277 g/mol. The Balaban J connectivity index is 2.15. The number of hydrogen-bond acceptors (Lipinski definition) is 2. The average Bonchev–Trinajstić information content (AvgIpc) is 2.44. The van der Waals surface area contributed by atoms with Gasteiger partial charge in [0.1, 0.15) is 11.6 Å². The second-order valence-electron chi connectivity index (χ2n) is 6.00. The summed E-state index contributed by atoms with van der Waals surface area (Å²) < 4.78 is 13.3. The van der Waals surface area contributed by atoms with Crippen LogP contribution in [0.2, 0.25) is 5.02 Å². The molecule has 0 atom stereocenters. The lowest BCUT2D eigenvalue weighted by Crippen LogP contribution is -2.42. The molecule has 1 aromatic rings. The fourth-order valence-corrected chi connectivity index (χ4v) is 3.14. The van der Waals surface area contributed by atoms with Crippen LogP contribution in [0.3, 0.4) is 0 Å². The maximum absolute atomic E-state index is 13.3. The second kappa shape index (κ2) is 6.23. The summed E-state index contributed by atoms with van der Waals surface area (Å²) in [5.41, 5.74) is 5.99.